The molecule has 1 heterocycles. The van der Waals surface area contributed by atoms with Crippen LogP contribution in [0.4, 0.5) is 11.4 Å². The number of nitrogens with one attached hydrogen (secondary N) is 1. The van der Waals surface area contributed by atoms with E-state index in [9.17, 15) is 14.9 Å². The van der Waals surface area contributed by atoms with Crippen LogP contribution in [0, 0.1) is 10.1 Å². The molecule has 6 heteroatoms. The van der Waals surface area contributed by atoms with Crippen molar-refractivity contribution in [1.82, 2.24) is 4.90 Å². The molecular weight excluding hydrogens is 234 g/mol. The first kappa shape index (κ1) is 12.3. The quantitative estimate of drug-likeness (QED) is 0.654. The summed E-state index contributed by atoms with van der Waals surface area (Å²) in [6.07, 6.45) is 1.40. The van der Waals surface area contributed by atoms with E-state index in [4.69, 9.17) is 0 Å². The van der Waals surface area contributed by atoms with Crippen molar-refractivity contribution >= 4 is 17.3 Å². The number of rotatable bonds is 4. The third kappa shape index (κ3) is 2.58. The van der Waals surface area contributed by atoms with Gasteiger partial charge in [0.05, 0.1) is 11.1 Å². The number of hydrogen-bond donors (Lipinski definition) is 1. The lowest BCUT2D eigenvalue weighted by atomic mass is 10.2. The average molecular weight is 249 g/mol. The Labute approximate surface area is 105 Å². The minimum Gasteiger partial charge on any atom is -0.365 e. The van der Waals surface area contributed by atoms with Gasteiger partial charge in [-0.25, -0.2) is 0 Å². The van der Waals surface area contributed by atoms with E-state index in [2.05, 4.69) is 5.32 Å². The van der Waals surface area contributed by atoms with E-state index in [0.717, 1.165) is 18.7 Å². The van der Waals surface area contributed by atoms with Crippen molar-refractivity contribution in [1.29, 1.82) is 0 Å². The molecule has 6 nitrogen and oxygen atoms in total. The average Bonchev–Trinajstić information content (AvgIpc) is 2.76. The van der Waals surface area contributed by atoms with Gasteiger partial charge in [-0.3, -0.25) is 14.9 Å². The van der Waals surface area contributed by atoms with Gasteiger partial charge < -0.3 is 10.2 Å². The molecule has 0 spiro atoms. The van der Waals surface area contributed by atoms with Gasteiger partial charge in [0.2, 0.25) is 5.91 Å². The highest BCUT2D eigenvalue weighted by Crippen LogP contribution is 2.19. The Bertz CT molecular complexity index is 458. The van der Waals surface area contributed by atoms with Crippen molar-refractivity contribution < 1.29 is 9.72 Å². The number of nitro groups is 1. The van der Waals surface area contributed by atoms with Crippen molar-refractivity contribution in [3.63, 3.8) is 0 Å². The summed E-state index contributed by atoms with van der Waals surface area (Å²) in [4.78, 5) is 23.4. The first-order valence-corrected chi connectivity index (χ1v) is 5.88. The number of benzene rings is 1. The lowest BCUT2D eigenvalue weighted by Gasteiger charge is -2.25. The number of nitro benzene ring substituents is 1. The van der Waals surface area contributed by atoms with Gasteiger partial charge in [-0.15, -0.1) is 0 Å². The molecule has 1 aromatic carbocycles. The molecule has 1 aliphatic heterocycles. The number of likely N-dealkylation sites (tertiary alicyclic amines) is 1. The van der Waals surface area contributed by atoms with Crippen molar-refractivity contribution in [2.24, 2.45) is 0 Å². The SMILES string of the molecule is C[C@H](Nc1ccc([N+](=O)[O-])cc1)N1CCCC1=O. The standard InChI is InChI=1S/C12H15N3O3/c1-9(14-8-2-3-12(14)16)13-10-4-6-11(7-5-10)15(17)18/h4-7,9,13H,2-3,8H2,1H3/t9-/m1/s1. The number of hydrogen-bond acceptors (Lipinski definition) is 4. The minimum absolute atomic E-state index is 0.0606. The highest BCUT2D eigenvalue weighted by molar-refractivity contribution is 5.78. The number of anilines is 1. The second-order valence-electron chi connectivity index (χ2n) is 4.31. The van der Waals surface area contributed by atoms with Crippen LogP contribution < -0.4 is 5.32 Å². The number of non-ortho nitro benzene ring substituents is 1. The van der Waals surface area contributed by atoms with Crippen LogP contribution in [0.3, 0.4) is 0 Å². The molecule has 1 saturated heterocycles. The van der Waals surface area contributed by atoms with Crippen LogP contribution in [0.1, 0.15) is 19.8 Å². The molecule has 0 unspecified atom stereocenters. The molecule has 1 aromatic rings. The Morgan fingerprint density at radius 3 is 2.56 bits per heavy atom. The van der Waals surface area contributed by atoms with E-state index in [-0.39, 0.29) is 17.8 Å². The van der Waals surface area contributed by atoms with E-state index < -0.39 is 4.92 Å². The Morgan fingerprint density at radius 1 is 1.39 bits per heavy atom. The molecule has 0 aliphatic carbocycles. The molecule has 0 radical (unpaired) electrons. The van der Waals surface area contributed by atoms with E-state index in [1.54, 1.807) is 17.0 Å². The highest BCUT2D eigenvalue weighted by Gasteiger charge is 2.24. The maximum Gasteiger partial charge on any atom is 0.269 e. The topological polar surface area (TPSA) is 75.5 Å². The van der Waals surface area contributed by atoms with Gasteiger partial charge in [-0.2, -0.15) is 0 Å². The number of amides is 1. The van der Waals surface area contributed by atoms with Gasteiger partial charge in [0.15, 0.2) is 0 Å². The van der Waals surface area contributed by atoms with E-state index >= 15 is 0 Å². The Morgan fingerprint density at radius 2 is 2.06 bits per heavy atom. The van der Waals surface area contributed by atoms with Crippen LogP contribution in [-0.2, 0) is 4.79 Å². The molecule has 2 rings (SSSR count). The van der Waals surface area contributed by atoms with E-state index in [1.165, 1.54) is 12.1 Å². The predicted octanol–water partition coefficient (Wildman–Crippen LogP) is 1.98. The Kier molecular flexibility index (Phi) is 3.45. The maximum absolute atomic E-state index is 11.5. The number of carbonyl (C=O) groups is 1. The number of carbonyl (C=O) groups excluding carboxylic acids is 1. The zero-order valence-corrected chi connectivity index (χ0v) is 10.1. The summed E-state index contributed by atoms with van der Waals surface area (Å²) < 4.78 is 0. The fourth-order valence-corrected chi connectivity index (χ4v) is 2.08. The van der Waals surface area contributed by atoms with Crippen LogP contribution in [-0.4, -0.2) is 28.4 Å². The van der Waals surface area contributed by atoms with Crippen LogP contribution in [0.15, 0.2) is 24.3 Å². The zero-order chi connectivity index (χ0) is 13.1. The smallest absolute Gasteiger partial charge is 0.269 e. The van der Waals surface area contributed by atoms with Gasteiger partial charge in [0, 0.05) is 30.8 Å². The minimum atomic E-state index is -0.433. The first-order valence-electron chi connectivity index (χ1n) is 5.88. The molecule has 96 valence electrons. The lowest BCUT2D eigenvalue weighted by Crippen LogP contribution is -2.39. The molecule has 0 saturated carbocycles. The summed E-state index contributed by atoms with van der Waals surface area (Å²) in [5.41, 5.74) is 0.832. The summed E-state index contributed by atoms with van der Waals surface area (Å²) in [5.74, 6) is 0.150. The Balaban J connectivity index is 2.00. The van der Waals surface area contributed by atoms with Crippen molar-refractivity contribution in [3.8, 4) is 0 Å². The maximum atomic E-state index is 11.5. The predicted molar refractivity (Wildman–Crippen MR) is 67.1 cm³/mol. The summed E-state index contributed by atoms with van der Waals surface area (Å²) >= 11 is 0. The van der Waals surface area contributed by atoms with Gasteiger partial charge in [-0.1, -0.05) is 0 Å². The summed E-state index contributed by atoms with van der Waals surface area (Å²) in [6, 6.07) is 6.19. The summed E-state index contributed by atoms with van der Waals surface area (Å²) in [6.45, 7) is 2.67. The van der Waals surface area contributed by atoms with E-state index in [1.807, 2.05) is 6.92 Å². The third-order valence-corrected chi connectivity index (χ3v) is 3.03. The van der Waals surface area contributed by atoms with Crippen LogP contribution in [0.2, 0.25) is 0 Å². The molecule has 1 amide bonds. The van der Waals surface area contributed by atoms with Gasteiger partial charge >= 0.3 is 0 Å². The van der Waals surface area contributed by atoms with Crippen molar-refractivity contribution in [2.75, 3.05) is 11.9 Å². The van der Waals surface area contributed by atoms with Crippen LogP contribution in [0.25, 0.3) is 0 Å². The fraction of sp³-hybridized carbons (Fsp3) is 0.417. The zero-order valence-electron chi connectivity index (χ0n) is 10.1. The first-order chi connectivity index (χ1) is 8.58. The van der Waals surface area contributed by atoms with Crippen LogP contribution in [0.5, 0.6) is 0 Å². The van der Waals surface area contributed by atoms with Gasteiger partial charge in [-0.05, 0) is 25.5 Å². The molecule has 18 heavy (non-hydrogen) atoms. The second kappa shape index (κ2) is 5.03. The molecule has 0 bridgehead atoms. The monoisotopic (exact) mass is 249 g/mol. The normalized spacial score (nSPS) is 16.7. The highest BCUT2D eigenvalue weighted by atomic mass is 16.6. The van der Waals surface area contributed by atoms with Gasteiger partial charge in [0.25, 0.3) is 5.69 Å². The number of nitrogens with zero attached hydrogens (tertiary/aromatic N) is 2. The van der Waals surface area contributed by atoms with Crippen molar-refractivity contribution in [3.05, 3.63) is 34.4 Å². The summed E-state index contributed by atoms with van der Waals surface area (Å²) in [7, 11) is 0. The van der Waals surface area contributed by atoms with Gasteiger partial charge in [0.1, 0.15) is 0 Å². The van der Waals surface area contributed by atoms with Crippen molar-refractivity contribution in [2.45, 2.75) is 25.9 Å². The lowest BCUT2D eigenvalue weighted by molar-refractivity contribution is -0.384. The molecule has 1 atom stereocenters. The molecular formula is C12H15N3O3. The third-order valence-electron chi connectivity index (χ3n) is 3.03. The van der Waals surface area contributed by atoms with Crippen LogP contribution >= 0.6 is 0 Å². The largest absolute Gasteiger partial charge is 0.365 e. The molecule has 1 fully saturated rings. The Hall–Kier alpha value is -2.11. The molecule has 1 aliphatic rings. The molecule has 0 aromatic heterocycles. The summed E-state index contributed by atoms with van der Waals surface area (Å²) in [5, 5.41) is 13.7. The van der Waals surface area contributed by atoms with E-state index in [0.29, 0.717) is 6.42 Å². The fourth-order valence-electron chi connectivity index (χ4n) is 2.08. The second-order valence-corrected chi connectivity index (χ2v) is 4.31. The molecule has 1 N–H and O–H groups in total.